The molecule has 1 aromatic heterocycles. The zero-order valence-electron chi connectivity index (χ0n) is 8.15. The first kappa shape index (κ1) is 9.93. The van der Waals surface area contributed by atoms with Gasteiger partial charge in [0.1, 0.15) is 0 Å². The summed E-state index contributed by atoms with van der Waals surface area (Å²) in [5.74, 6) is 0. The lowest BCUT2D eigenvalue weighted by Crippen LogP contribution is -2.25. The van der Waals surface area contributed by atoms with E-state index < -0.39 is 0 Å². The fourth-order valence-electron chi connectivity index (χ4n) is 1.69. The van der Waals surface area contributed by atoms with Crippen LogP contribution < -0.4 is 4.72 Å². The number of nitrogens with one attached hydrogen (secondary N) is 1. The molecule has 2 rings (SSSR count). The first-order valence-electron chi connectivity index (χ1n) is 5.14. The standard InChI is InChI=1S/C10H15N3S/c1-2-5-9(6-3-1)13-14-10-11-7-4-8-12-10/h4,7-9,13H,1-3,5-6H2. The van der Waals surface area contributed by atoms with Crippen molar-refractivity contribution in [2.45, 2.75) is 43.3 Å². The van der Waals surface area contributed by atoms with Gasteiger partial charge in [-0.1, -0.05) is 19.3 Å². The second-order valence-corrected chi connectivity index (χ2v) is 4.39. The number of aromatic nitrogens is 2. The van der Waals surface area contributed by atoms with E-state index in [0.29, 0.717) is 6.04 Å². The van der Waals surface area contributed by atoms with Crippen molar-refractivity contribution in [3.8, 4) is 0 Å². The summed E-state index contributed by atoms with van der Waals surface area (Å²) in [5.41, 5.74) is 0. The third-order valence-electron chi connectivity index (χ3n) is 2.46. The van der Waals surface area contributed by atoms with Gasteiger partial charge in [-0.3, -0.25) is 4.72 Å². The molecule has 0 amide bonds. The highest BCUT2D eigenvalue weighted by Crippen LogP contribution is 2.20. The van der Waals surface area contributed by atoms with Crippen molar-refractivity contribution in [3.05, 3.63) is 18.5 Å². The summed E-state index contributed by atoms with van der Waals surface area (Å²) in [5, 5.41) is 0.818. The lowest BCUT2D eigenvalue weighted by atomic mass is 9.96. The summed E-state index contributed by atoms with van der Waals surface area (Å²) in [4.78, 5) is 8.30. The van der Waals surface area contributed by atoms with E-state index in [9.17, 15) is 0 Å². The van der Waals surface area contributed by atoms with Gasteiger partial charge in [-0.25, -0.2) is 9.97 Å². The highest BCUT2D eigenvalue weighted by molar-refractivity contribution is 7.97. The van der Waals surface area contributed by atoms with Crippen LogP contribution in [0.5, 0.6) is 0 Å². The quantitative estimate of drug-likeness (QED) is 0.613. The highest BCUT2D eigenvalue weighted by Gasteiger charge is 2.13. The van der Waals surface area contributed by atoms with Crippen LogP contribution in [0.4, 0.5) is 0 Å². The summed E-state index contributed by atoms with van der Waals surface area (Å²) in [6.45, 7) is 0. The van der Waals surface area contributed by atoms with Crippen molar-refractivity contribution in [1.29, 1.82) is 0 Å². The molecule has 4 heteroatoms. The van der Waals surface area contributed by atoms with E-state index >= 15 is 0 Å². The minimum atomic E-state index is 0.651. The van der Waals surface area contributed by atoms with Crippen LogP contribution in [0.3, 0.4) is 0 Å². The average molecular weight is 209 g/mol. The van der Waals surface area contributed by atoms with Gasteiger partial charge in [-0.15, -0.1) is 0 Å². The number of hydrogen-bond acceptors (Lipinski definition) is 4. The molecule has 0 aromatic carbocycles. The smallest absolute Gasteiger partial charge is 0.202 e. The fraction of sp³-hybridized carbons (Fsp3) is 0.600. The second-order valence-electron chi connectivity index (χ2n) is 3.59. The van der Waals surface area contributed by atoms with Gasteiger partial charge in [0, 0.05) is 18.4 Å². The van der Waals surface area contributed by atoms with Crippen molar-refractivity contribution < 1.29 is 0 Å². The maximum atomic E-state index is 4.15. The van der Waals surface area contributed by atoms with Crippen LogP contribution in [-0.2, 0) is 0 Å². The van der Waals surface area contributed by atoms with E-state index in [0.717, 1.165) is 5.16 Å². The lowest BCUT2D eigenvalue weighted by molar-refractivity contribution is 0.423. The van der Waals surface area contributed by atoms with Gasteiger partial charge >= 0.3 is 0 Å². The van der Waals surface area contributed by atoms with Crippen LogP contribution in [0.25, 0.3) is 0 Å². The molecule has 76 valence electrons. The Bertz CT molecular complexity index is 259. The number of rotatable bonds is 3. The van der Waals surface area contributed by atoms with Crippen LogP contribution in [0, 0.1) is 0 Å². The molecule has 1 N–H and O–H groups in total. The minimum Gasteiger partial charge on any atom is -0.254 e. The molecular weight excluding hydrogens is 194 g/mol. The fourth-order valence-corrected chi connectivity index (χ4v) is 2.43. The van der Waals surface area contributed by atoms with Crippen molar-refractivity contribution in [3.63, 3.8) is 0 Å². The molecule has 0 unspecified atom stereocenters. The highest BCUT2D eigenvalue weighted by atomic mass is 32.2. The first-order valence-corrected chi connectivity index (χ1v) is 5.96. The van der Waals surface area contributed by atoms with Gasteiger partial charge in [-0.05, 0) is 30.9 Å². The average Bonchev–Trinajstić information content (AvgIpc) is 2.29. The van der Waals surface area contributed by atoms with Crippen LogP contribution in [0.2, 0.25) is 0 Å². The Kier molecular flexibility index (Phi) is 3.77. The summed E-state index contributed by atoms with van der Waals surface area (Å²) in [6, 6.07) is 2.49. The SMILES string of the molecule is c1cnc(SNC2CCCCC2)nc1. The third-order valence-corrected chi connectivity index (χ3v) is 3.31. The Balaban J connectivity index is 1.76. The summed E-state index contributed by atoms with van der Waals surface area (Å²) in [7, 11) is 0. The Morgan fingerprint density at radius 1 is 1.14 bits per heavy atom. The first-order chi connectivity index (χ1) is 6.95. The molecule has 1 aliphatic carbocycles. The van der Waals surface area contributed by atoms with Crippen molar-refractivity contribution in [2.24, 2.45) is 0 Å². The van der Waals surface area contributed by atoms with E-state index in [1.807, 2.05) is 6.07 Å². The maximum absolute atomic E-state index is 4.15. The van der Waals surface area contributed by atoms with Gasteiger partial charge in [-0.2, -0.15) is 0 Å². The maximum Gasteiger partial charge on any atom is 0.202 e. The van der Waals surface area contributed by atoms with Crippen molar-refractivity contribution in [1.82, 2.24) is 14.7 Å². The van der Waals surface area contributed by atoms with Crippen LogP contribution >= 0.6 is 11.9 Å². The third kappa shape index (κ3) is 2.96. The molecule has 14 heavy (non-hydrogen) atoms. The Morgan fingerprint density at radius 2 is 1.86 bits per heavy atom. The molecule has 0 radical (unpaired) electrons. The summed E-state index contributed by atoms with van der Waals surface area (Å²) < 4.78 is 3.43. The van der Waals surface area contributed by atoms with Gasteiger partial charge in [0.05, 0.1) is 0 Å². The van der Waals surface area contributed by atoms with Crippen molar-refractivity contribution >= 4 is 11.9 Å². The van der Waals surface area contributed by atoms with Crippen LogP contribution in [0.15, 0.2) is 23.6 Å². The molecule has 1 aromatic rings. The molecule has 0 aliphatic heterocycles. The largest absolute Gasteiger partial charge is 0.254 e. The van der Waals surface area contributed by atoms with E-state index in [1.165, 1.54) is 32.1 Å². The van der Waals surface area contributed by atoms with E-state index in [2.05, 4.69) is 14.7 Å². The zero-order valence-corrected chi connectivity index (χ0v) is 8.96. The summed E-state index contributed by atoms with van der Waals surface area (Å²) >= 11 is 1.55. The van der Waals surface area contributed by atoms with Gasteiger partial charge in [0.2, 0.25) is 5.16 Å². The molecule has 0 saturated heterocycles. The Labute approximate surface area is 88.9 Å². The molecule has 0 spiro atoms. The topological polar surface area (TPSA) is 37.8 Å². The Morgan fingerprint density at radius 3 is 2.57 bits per heavy atom. The Hall–Kier alpha value is -0.610. The van der Waals surface area contributed by atoms with Crippen LogP contribution in [0.1, 0.15) is 32.1 Å². The monoisotopic (exact) mass is 209 g/mol. The molecule has 1 heterocycles. The van der Waals surface area contributed by atoms with Crippen LogP contribution in [-0.4, -0.2) is 16.0 Å². The zero-order chi connectivity index (χ0) is 9.64. The van der Waals surface area contributed by atoms with Crippen molar-refractivity contribution in [2.75, 3.05) is 0 Å². The van der Waals surface area contributed by atoms with Gasteiger partial charge in [0.15, 0.2) is 0 Å². The van der Waals surface area contributed by atoms with Gasteiger partial charge in [0.25, 0.3) is 0 Å². The predicted octanol–water partition coefficient (Wildman–Crippen LogP) is 2.41. The minimum absolute atomic E-state index is 0.651. The number of hydrogen-bond donors (Lipinski definition) is 1. The number of nitrogens with zero attached hydrogens (tertiary/aromatic N) is 2. The molecule has 0 bridgehead atoms. The van der Waals surface area contributed by atoms with E-state index in [4.69, 9.17) is 0 Å². The molecule has 0 atom stereocenters. The van der Waals surface area contributed by atoms with E-state index in [1.54, 1.807) is 24.3 Å². The van der Waals surface area contributed by atoms with Gasteiger partial charge < -0.3 is 0 Å². The normalized spacial score (nSPS) is 18.3. The molecule has 1 fully saturated rings. The molecule has 1 aliphatic rings. The molecule has 3 nitrogen and oxygen atoms in total. The predicted molar refractivity (Wildman–Crippen MR) is 57.9 cm³/mol. The summed E-state index contributed by atoms with van der Waals surface area (Å²) in [6.07, 6.45) is 10.2. The van der Waals surface area contributed by atoms with E-state index in [-0.39, 0.29) is 0 Å². The lowest BCUT2D eigenvalue weighted by Gasteiger charge is -2.21. The second kappa shape index (κ2) is 5.32. The molecular formula is C10H15N3S. The molecule has 1 saturated carbocycles.